The Labute approximate surface area is 582 Å². The van der Waals surface area contributed by atoms with Gasteiger partial charge in [-0.3, -0.25) is 29.1 Å². The average molecular weight is 1410 g/mol. The van der Waals surface area contributed by atoms with Crippen molar-refractivity contribution >= 4 is 58.2 Å². The first kappa shape index (κ1) is 79.1. The van der Waals surface area contributed by atoms with Gasteiger partial charge in [-0.1, -0.05) is 23.5 Å². The van der Waals surface area contributed by atoms with Crippen molar-refractivity contribution in [3.63, 3.8) is 0 Å². The molecule has 5 aromatic rings. The topological polar surface area (TPSA) is 353 Å². The average Bonchev–Trinajstić information content (AvgIpc) is 1.64. The minimum Gasteiger partial charge on any atom is -0.491 e. The highest BCUT2D eigenvalue weighted by molar-refractivity contribution is 7.09. The molecule has 0 radical (unpaired) electrons. The normalized spacial score (nSPS) is 14.1. The van der Waals surface area contributed by atoms with E-state index in [-0.39, 0.29) is 43.4 Å². The summed E-state index contributed by atoms with van der Waals surface area (Å²) in [5.41, 5.74) is 15.1. The van der Waals surface area contributed by atoms with E-state index in [9.17, 15) is 24.0 Å². The monoisotopic (exact) mass is 1410 g/mol. The number of nitrogens with two attached hydrogens (primary N) is 2. The Hall–Kier alpha value is -7.25. The highest BCUT2D eigenvalue weighted by Gasteiger charge is 2.26. The van der Waals surface area contributed by atoms with Gasteiger partial charge < -0.3 is 97.5 Å². The minimum atomic E-state index is -0.649. The van der Waals surface area contributed by atoms with Crippen LogP contribution in [0.3, 0.4) is 0 Å². The number of anilines is 1. The zero-order valence-electron chi connectivity index (χ0n) is 58.6. The summed E-state index contributed by atoms with van der Waals surface area (Å²) < 4.78 is 74.4. The van der Waals surface area contributed by atoms with Gasteiger partial charge >= 0.3 is 12.1 Å². The Bertz CT molecular complexity index is 3410. The van der Waals surface area contributed by atoms with Gasteiger partial charge in [0.25, 0.3) is 11.8 Å². The summed E-state index contributed by atoms with van der Waals surface area (Å²) in [6.45, 7) is 26.5. The van der Waals surface area contributed by atoms with E-state index in [4.69, 9.17) is 73.3 Å². The van der Waals surface area contributed by atoms with Crippen molar-refractivity contribution in [3.05, 3.63) is 80.1 Å². The van der Waals surface area contributed by atoms with Crippen molar-refractivity contribution in [2.75, 3.05) is 197 Å². The number of primary amides is 2. The number of alkyl carbamates (subject to hydrolysis) is 1. The maximum absolute atomic E-state index is 14.2. The lowest BCUT2D eigenvalue weighted by Gasteiger charge is -2.32. The lowest BCUT2D eigenvalue weighted by Crippen LogP contribution is -2.44. The number of aromatic nitrogens is 7. The largest absolute Gasteiger partial charge is 0.491 e. The van der Waals surface area contributed by atoms with Crippen LogP contribution in [0.25, 0.3) is 11.0 Å². The fraction of sp³-hybridized carbons (Fsp3) is 0.652. The summed E-state index contributed by atoms with van der Waals surface area (Å²) in [7, 11) is 2.12. The second-order valence-electron chi connectivity index (χ2n) is 24.2. The number of urea groups is 1. The highest BCUT2D eigenvalue weighted by Crippen LogP contribution is 2.32. The number of nitrogens with one attached hydrogen (secondary N) is 2. The van der Waals surface area contributed by atoms with Crippen molar-refractivity contribution in [2.45, 2.75) is 92.7 Å². The zero-order valence-corrected chi connectivity index (χ0v) is 59.5. The van der Waals surface area contributed by atoms with E-state index in [0.717, 1.165) is 49.7 Å². The zero-order chi connectivity index (χ0) is 70.8. The molecule has 0 bridgehead atoms. The fourth-order valence-corrected chi connectivity index (χ4v) is 11.6. The number of allylic oxidation sites excluding steroid dienone is 2. The number of imidazole rings is 1. The van der Waals surface area contributed by atoms with Crippen molar-refractivity contribution in [3.8, 4) is 5.75 Å². The molecule has 6 amide bonds. The van der Waals surface area contributed by atoms with Crippen molar-refractivity contribution in [1.29, 1.82) is 0 Å². The summed E-state index contributed by atoms with van der Waals surface area (Å²) in [5.74, 6) is -0.959. The number of benzene rings is 1. The van der Waals surface area contributed by atoms with Crippen molar-refractivity contribution in [1.82, 2.24) is 53.7 Å². The number of fused-ring (bicyclic) bond motifs is 2. The van der Waals surface area contributed by atoms with Crippen molar-refractivity contribution < 1.29 is 80.8 Å². The van der Waals surface area contributed by atoms with Gasteiger partial charge in [0.15, 0.2) is 4.80 Å². The first-order valence-corrected chi connectivity index (χ1v) is 34.7. The Morgan fingerprint density at radius 3 is 1.70 bits per heavy atom. The van der Waals surface area contributed by atoms with Crippen LogP contribution in [-0.2, 0) is 91.3 Å². The number of carbonyl (C=O) groups excluding carboxylic acids is 5. The Balaban J connectivity index is 0.795. The number of amides is 6. The van der Waals surface area contributed by atoms with Gasteiger partial charge in [0.2, 0.25) is 11.9 Å². The molecule has 1 saturated heterocycles. The number of piperazine rings is 1. The van der Waals surface area contributed by atoms with E-state index in [2.05, 4.69) is 42.7 Å². The van der Waals surface area contributed by atoms with E-state index in [1.807, 2.05) is 55.9 Å². The predicted octanol–water partition coefficient (Wildman–Crippen LogP) is 3.42. The summed E-state index contributed by atoms with van der Waals surface area (Å²) in [6.07, 6.45) is 4.61. The lowest BCUT2D eigenvalue weighted by atomic mass is 10.1. The number of aryl methyl sites for hydroxylation is 3. The van der Waals surface area contributed by atoms with Crippen LogP contribution >= 0.6 is 11.3 Å². The lowest BCUT2D eigenvalue weighted by molar-refractivity contribution is -0.0265. The first-order valence-electron chi connectivity index (χ1n) is 33.9. The summed E-state index contributed by atoms with van der Waals surface area (Å²) in [5, 5.41) is 14.7. The summed E-state index contributed by atoms with van der Waals surface area (Å²) in [6, 6.07) is 6.08. The molecular weight excluding hydrogens is 1310 g/mol. The number of hydrogen-bond donors (Lipinski definition) is 4. The Morgan fingerprint density at radius 1 is 0.636 bits per heavy atom. The van der Waals surface area contributed by atoms with Gasteiger partial charge in [-0.05, 0) is 79.3 Å². The van der Waals surface area contributed by atoms with E-state index < -0.39 is 35.4 Å². The minimum absolute atomic E-state index is 0.201. The molecule has 32 nitrogen and oxygen atoms in total. The van der Waals surface area contributed by atoms with Crippen LogP contribution in [0.4, 0.5) is 15.5 Å². The van der Waals surface area contributed by atoms with Crippen LogP contribution in [0.15, 0.2) is 41.4 Å². The van der Waals surface area contributed by atoms with Crippen LogP contribution in [0.2, 0.25) is 0 Å². The van der Waals surface area contributed by atoms with Crippen LogP contribution in [0, 0.1) is 13.8 Å². The smallest absolute Gasteiger partial charge is 0.407 e. The molecule has 550 valence electrons. The second-order valence-corrected chi connectivity index (χ2v) is 25.3. The maximum atomic E-state index is 14.2. The van der Waals surface area contributed by atoms with Gasteiger partial charge in [-0.25, -0.2) is 14.6 Å². The molecule has 99 heavy (non-hydrogen) atoms. The van der Waals surface area contributed by atoms with E-state index in [1.165, 1.54) is 11.3 Å². The third-order valence-electron chi connectivity index (χ3n) is 15.4. The van der Waals surface area contributed by atoms with Gasteiger partial charge in [-0.15, -0.1) is 0 Å². The molecular formula is C66H103N15O17S. The molecule has 0 unspecified atom stereocenters. The van der Waals surface area contributed by atoms with Crippen LogP contribution in [0.1, 0.15) is 87.4 Å². The van der Waals surface area contributed by atoms with E-state index in [1.54, 1.807) is 45.5 Å². The molecule has 4 aromatic heterocycles. The summed E-state index contributed by atoms with van der Waals surface area (Å²) >= 11 is 1.32. The number of likely N-dealkylation sites (N-methyl/N-ethyl adjacent to an activating group) is 1. The van der Waals surface area contributed by atoms with Crippen LogP contribution in [-0.4, -0.2) is 275 Å². The van der Waals surface area contributed by atoms with Gasteiger partial charge in [0.1, 0.15) is 28.3 Å². The molecule has 1 fully saturated rings. The number of hydrogen-bond acceptors (Lipinski definition) is 23. The van der Waals surface area contributed by atoms with Crippen LogP contribution in [0.5, 0.6) is 5.75 Å². The molecule has 6 N–H and O–H groups in total. The SMILES string of the molecule is CCn1nc(C)cc1C(=O)Nc1nc2cc(C(N)=O)cc(OCCCN3CCN(C)CC3)c2n1C/C=C/Cn1c2c(sc1=NC(=O)c1cc(C)nn1CCOCCOCCOCCOCCOCCOCCOCCOCCOCCOCCNC(=O)OC(C)(C)C)CN(C(N)=O)CC2. The third kappa shape index (κ3) is 27.7. The van der Waals surface area contributed by atoms with Gasteiger partial charge in [0, 0.05) is 88.0 Å². The third-order valence-corrected chi connectivity index (χ3v) is 16.5. The maximum Gasteiger partial charge on any atom is 0.407 e. The van der Waals surface area contributed by atoms with E-state index in [0.29, 0.717) is 203 Å². The Morgan fingerprint density at radius 2 is 1.16 bits per heavy atom. The number of thiazole rings is 1. The summed E-state index contributed by atoms with van der Waals surface area (Å²) in [4.78, 5) is 82.0. The van der Waals surface area contributed by atoms with Crippen LogP contribution < -0.4 is 31.6 Å². The Kier molecular flexibility index (Phi) is 34.2. The number of carbonyl (C=O) groups is 5. The fourth-order valence-electron chi connectivity index (χ4n) is 10.4. The number of ether oxygens (including phenoxy) is 12. The molecule has 0 spiro atoms. The van der Waals surface area contributed by atoms with E-state index >= 15 is 0 Å². The predicted molar refractivity (Wildman–Crippen MR) is 367 cm³/mol. The molecule has 0 atom stereocenters. The molecule has 0 aliphatic carbocycles. The highest BCUT2D eigenvalue weighted by atomic mass is 32.1. The molecule has 7 rings (SSSR count). The van der Waals surface area contributed by atoms with Crippen molar-refractivity contribution in [2.24, 2.45) is 16.5 Å². The quantitative estimate of drug-likeness (QED) is 0.0320. The van der Waals surface area contributed by atoms with Gasteiger partial charge in [0.05, 0.1) is 169 Å². The molecule has 0 saturated carbocycles. The molecule has 6 heterocycles. The number of rotatable bonds is 47. The molecule has 2 aliphatic heterocycles. The standard InChI is InChI=1S/C66H103N15O17S/c1-8-80-54(44-49(2)73-80)60(83)71-63-70-52-46-51(59(67)82)47-56(97-23-11-14-76-20-18-75(7)19-21-76)58(52)79(63)16-10-9-15-78-53-12-17-77(62(68)85)48-57(53)99-64(78)72-61(84)55-45-50(3)74-81(55)22-25-88-27-29-90-31-33-92-35-37-94-39-41-96-43-42-95-40-38-93-36-34-91-32-30-89-28-26-87-24-13-69-65(86)98-66(4,5)6/h9-10,44-47H,8,11-43,48H2,1-7H3,(H2,67,82)(H2,68,85)(H,69,86)(H,70,71,83)/b10-9+,72-64?. The van der Waals surface area contributed by atoms with Gasteiger partial charge in [-0.2, -0.15) is 15.2 Å². The number of nitrogens with zero attached hydrogens (tertiary/aromatic N) is 11. The molecule has 2 aliphatic rings. The molecule has 33 heteroatoms. The molecule has 1 aromatic carbocycles. The first-order chi connectivity index (χ1) is 47.9. The second kappa shape index (κ2) is 42.8.